The van der Waals surface area contributed by atoms with Gasteiger partial charge in [0.25, 0.3) is 5.91 Å². The zero-order valence-electron chi connectivity index (χ0n) is 10.9. The summed E-state index contributed by atoms with van der Waals surface area (Å²) in [5.41, 5.74) is 6.17. The molecule has 0 bridgehead atoms. The van der Waals surface area contributed by atoms with Crippen LogP contribution in [-0.4, -0.2) is 37.3 Å². The Balaban J connectivity index is 2.18. The van der Waals surface area contributed by atoms with Crippen LogP contribution in [-0.2, 0) is 7.05 Å². The van der Waals surface area contributed by atoms with Crippen molar-refractivity contribution in [1.82, 2.24) is 19.7 Å². The summed E-state index contributed by atoms with van der Waals surface area (Å²) in [6.45, 7) is 0. The van der Waals surface area contributed by atoms with Crippen LogP contribution >= 0.6 is 23.4 Å². The number of nitrogens with two attached hydrogens (primary N) is 1. The third kappa shape index (κ3) is 3.29. The summed E-state index contributed by atoms with van der Waals surface area (Å²) in [6, 6.07) is 3.33. The summed E-state index contributed by atoms with van der Waals surface area (Å²) >= 11 is 7.25. The third-order valence-electron chi connectivity index (χ3n) is 2.62. The molecule has 106 valence electrons. The molecule has 0 spiro atoms. The van der Waals surface area contributed by atoms with E-state index >= 15 is 0 Å². The van der Waals surface area contributed by atoms with E-state index in [2.05, 4.69) is 15.2 Å². The van der Waals surface area contributed by atoms with Gasteiger partial charge in [-0.15, -0.1) is 21.8 Å². The zero-order valence-corrected chi connectivity index (χ0v) is 12.5. The van der Waals surface area contributed by atoms with Crippen molar-refractivity contribution in [2.24, 2.45) is 12.8 Å². The van der Waals surface area contributed by atoms with E-state index in [9.17, 15) is 4.79 Å². The highest BCUT2D eigenvalue weighted by Crippen LogP contribution is 2.22. The Morgan fingerprint density at radius 3 is 2.85 bits per heavy atom. The lowest BCUT2D eigenvalue weighted by atomic mass is 10.2. The van der Waals surface area contributed by atoms with Gasteiger partial charge in [-0.1, -0.05) is 11.8 Å². The van der Waals surface area contributed by atoms with E-state index in [1.807, 2.05) is 11.6 Å². The van der Waals surface area contributed by atoms with Gasteiger partial charge in [0.1, 0.15) is 5.69 Å². The molecule has 6 nitrogen and oxygen atoms in total. The number of carbonyl (C=O) groups is 1. The molecule has 0 unspecified atom stereocenters. The number of carbonyl (C=O) groups excluding carboxylic acids is 1. The molecule has 2 N–H and O–H groups in total. The van der Waals surface area contributed by atoms with Gasteiger partial charge in [-0.3, -0.25) is 9.78 Å². The Morgan fingerprint density at radius 1 is 1.45 bits per heavy atom. The third-order valence-corrected chi connectivity index (χ3v) is 3.99. The Kier molecular flexibility index (Phi) is 4.97. The molecular formula is C12H14ClN5OS. The Hall–Kier alpha value is -1.60. The summed E-state index contributed by atoms with van der Waals surface area (Å²) in [5.74, 6) is 1.68. The van der Waals surface area contributed by atoms with Crippen molar-refractivity contribution in [2.75, 3.05) is 11.6 Å². The number of halogens is 1. The van der Waals surface area contributed by atoms with Crippen LogP contribution in [0.4, 0.5) is 0 Å². The minimum atomic E-state index is -0.549. The van der Waals surface area contributed by atoms with Gasteiger partial charge < -0.3 is 10.3 Å². The predicted molar refractivity (Wildman–Crippen MR) is 78.8 cm³/mol. The normalized spacial score (nSPS) is 10.7. The van der Waals surface area contributed by atoms with E-state index in [4.69, 9.17) is 17.3 Å². The van der Waals surface area contributed by atoms with Crippen LogP contribution in [0, 0.1) is 0 Å². The maximum absolute atomic E-state index is 11.0. The molecule has 2 aromatic rings. The number of nitrogens with zero attached hydrogens (tertiary/aromatic N) is 4. The van der Waals surface area contributed by atoms with Crippen molar-refractivity contribution < 1.29 is 4.79 Å². The fraction of sp³-hybridized carbons (Fsp3) is 0.333. The number of primary amides is 1. The van der Waals surface area contributed by atoms with Crippen molar-refractivity contribution in [3.05, 3.63) is 24.0 Å². The number of thioether (sulfide) groups is 1. The Morgan fingerprint density at radius 2 is 2.25 bits per heavy atom. The molecule has 0 saturated carbocycles. The van der Waals surface area contributed by atoms with Gasteiger partial charge in [0.2, 0.25) is 0 Å². The Bertz CT molecular complexity index is 598. The van der Waals surface area contributed by atoms with E-state index in [0.717, 1.165) is 22.9 Å². The fourth-order valence-electron chi connectivity index (χ4n) is 1.58. The van der Waals surface area contributed by atoms with Gasteiger partial charge in [0, 0.05) is 30.4 Å². The quantitative estimate of drug-likeness (QED) is 0.498. The molecule has 2 rings (SSSR count). The van der Waals surface area contributed by atoms with Crippen molar-refractivity contribution in [3.63, 3.8) is 0 Å². The number of alkyl halides is 1. The Labute approximate surface area is 125 Å². The van der Waals surface area contributed by atoms with Gasteiger partial charge in [0.05, 0.1) is 0 Å². The van der Waals surface area contributed by atoms with E-state index in [1.165, 1.54) is 0 Å². The molecule has 0 saturated heterocycles. The summed E-state index contributed by atoms with van der Waals surface area (Å²) in [4.78, 5) is 15.0. The zero-order chi connectivity index (χ0) is 14.5. The smallest absolute Gasteiger partial charge is 0.267 e. The molecule has 0 aromatic carbocycles. The number of amides is 1. The second-order valence-corrected chi connectivity index (χ2v) is 5.49. The van der Waals surface area contributed by atoms with Gasteiger partial charge in [0.15, 0.2) is 11.0 Å². The molecule has 0 aliphatic rings. The van der Waals surface area contributed by atoms with Crippen LogP contribution in [0.2, 0.25) is 0 Å². The number of hydrogen-bond acceptors (Lipinski definition) is 5. The van der Waals surface area contributed by atoms with Crippen molar-refractivity contribution in [1.29, 1.82) is 0 Å². The minimum Gasteiger partial charge on any atom is -0.364 e. The average molecular weight is 312 g/mol. The first-order valence-electron chi connectivity index (χ1n) is 5.98. The van der Waals surface area contributed by atoms with Gasteiger partial charge >= 0.3 is 0 Å². The first-order valence-corrected chi connectivity index (χ1v) is 7.50. The number of rotatable bonds is 6. The molecule has 0 radical (unpaired) electrons. The summed E-state index contributed by atoms with van der Waals surface area (Å²) in [5, 5.41) is 9.10. The lowest BCUT2D eigenvalue weighted by Crippen LogP contribution is -2.12. The largest absolute Gasteiger partial charge is 0.364 e. The highest BCUT2D eigenvalue weighted by atomic mass is 35.5. The van der Waals surface area contributed by atoms with Crippen LogP contribution < -0.4 is 5.73 Å². The van der Waals surface area contributed by atoms with Gasteiger partial charge in [-0.25, -0.2) is 0 Å². The molecule has 20 heavy (non-hydrogen) atoms. The van der Waals surface area contributed by atoms with Crippen molar-refractivity contribution in [2.45, 2.75) is 11.6 Å². The van der Waals surface area contributed by atoms with Gasteiger partial charge in [-0.05, 0) is 18.6 Å². The molecule has 2 aromatic heterocycles. The maximum Gasteiger partial charge on any atom is 0.267 e. The second-order valence-electron chi connectivity index (χ2n) is 4.05. The summed E-state index contributed by atoms with van der Waals surface area (Å²) in [6.07, 6.45) is 2.49. The highest BCUT2D eigenvalue weighted by Gasteiger charge is 2.12. The molecule has 0 fully saturated rings. The molecule has 0 aliphatic carbocycles. The molecule has 1 amide bonds. The van der Waals surface area contributed by atoms with E-state index in [1.54, 1.807) is 30.1 Å². The van der Waals surface area contributed by atoms with E-state index in [-0.39, 0.29) is 5.69 Å². The lowest BCUT2D eigenvalue weighted by molar-refractivity contribution is 0.0995. The lowest BCUT2D eigenvalue weighted by Gasteiger charge is -2.03. The monoisotopic (exact) mass is 311 g/mol. The molecule has 2 heterocycles. The number of aromatic nitrogens is 4. The predicted octanol–water partition coefficient (Wildman–Crippen LogP) is 1.70. The summed E-state index contributed by atoms with van der Waals surface area (Å²) < 4.78 is 1.89. The first kappa shape index (κ1) is 14.8. The maximum atomic E-state index is 11.0. The van der Waals surface area contributed by atoms with Crippen LogP contribution in [0.3, 0.4) is 0 Å². The van der Waals surface area contributed by atoms with Gasteiger partial charge in [-0.2, -0.15) is 0 Å². The van der Waals surface area contributed by atoms with Crippen LogP contribution in [0.25, 0.3) is 11.4 Å². The first-order chi connectivity index (χ1) is 9.63. The molecule has 0 aliphatic heterocycles. The molecule has 0 atom stereocenters. The molecule has 8 heteroatoms. The second kappa shape index (κ2) is 6.71. The SMILES string of the molecule is Cn1c(SCCCCl)nnc1-c1ccc(C(N)=O)nc1. The van der Waals surface area contributed by atoms with Crippen molar-refractivity contribution >= 4 is 29.3 Å². The van der Waals surface area contributed by atoms with Crippen molar-refractivity contribution in [3.8, 4) is 11.4 Å². The fourth-order valence-corrected chi connectivity index (χ4v) is 2.72. The van der Waals surface area contributed by atoms with E-state index < -0.39 is 5.91 Å². The van der Waals surface area contributed by atoms with Crippen LogP contribution in [0.15, 0.2) is 23.5 Å². The number of pyridine rings is 1. The average Bonchev–Trinajstić information content (AvgIpc) is 2.81. The standard InChI is InChI=1S/C12H14ClN5OS/c1-18-11(16-17-12(18)20-6-2-5-13)8-3-4-9(10(14)19)15-7-8/h3-4,7H,2,5-6H2,1H3,(H2,14,19). The highest BCUT2D eigenvalue weighted by molar-refractivity contribution is 7.99. The molecular weight excluding hydrogens is 298 g/mol. The van der Waals surface area contributed by atoms with Crippen LogP contribution in [0.5, 0.6) is 0 Å². The topological polar surface area (TPSA) is 86.7 Å². The van der Waals surface area contributed by atoms with E-state index in [0.29, 0.717) is 11.7 Å². The van der Waals surface area contributed by atoms with Crippen LogP contribution in [0.1, 0.15) is 16.9 Å². The summed E-state index contributed by atoms with van der Waals surface area (Å²) in [7, 11) is 1.89. The minimum absolute atomic E-state index is 0.229. The number of hydrogen-bond donors (Lipinski definition) is 1.